The summed E-state index contributed by atoms with van der Waals surface area (Å²) in [5.74, 6) is -0.118. The molecule has 3 rings (SSSR count). The van der Waals surface area contributed by atoms with Crippen LogP contribution >= 0.6 is 0 Å². The van der Waals surface area contributed by atoms with E-state index < -0.39 is 5.91 Å². The maximum Gasteiger partial charge on any atom is 0.258 e. The third kappa shape index (κ3) is 5.96. The molecule has 0 radical (unpaired) electrons. The van der Waals surface area contributed by atoms with Crippen molar-refractivity contribution in [3.05, 3.63) is 89.4 Å². The van der Waals surface area contributed by atoms with Crippen molar-refractivity contribution in [2.24, 2.45) is 5.73 Å². The molecule has 0 spiro atoms. The highest BCUT2D eigenvalue weighted by Crippen LogP contribution is 2.13. The Kier molecular flexibility index (Phi) is 6.83. The van der Waals surface area contributed by atoms with Gasteiger partial charge in [-0.25, -0.2) is 0 Å². The second kappa shape index (κ2) is 9.92. The van der Waals surface area contributed by atoms with Crippen LogP contribution in [0.4, 0.5) is 0 Å². The minimum atomic E-state index is -0.571. The van der Waals surface area contributed by atoms with Crippen LogP contribution in [-0.4, -0.2) is 24.3 Å². The molecule has 3 amide bonds. The zero-order valence-corrected chi connectivity index (χ0v) is 16.1. The highest BCUT2D eigenvalue weighted by atomic mass is 16.5. The average molecular weight is 407 g/mol. The normalized spacial score (nSPS) is 10.3. The number of carbonyl (C=O) groups excluding carboxylic acids is 3. The van der Waals surface area contributed by atoms with Crippen molar-refractivity contribution in [3.63, 3.8) is 0 Å². The third-order valence-corrected chi connectivity index (χ3v) is 4.17. The number of primary amides is 1. The molecule has 0 unspecified atom stereocenters. The fourth-order valence-electron chi connectivity index (χ4n) is 2.64. The maximum absolute atomic E-state index is 12.3. The van der Waals surface area contributed by atoms with Crippen molar-refractivity contribution >= 4 is 17.7 Å². The summed E-state index contributed by atoms with van der Waals surface area (Å²) in [7, 11) is 0. The monoisotopic (exact) mass is 407 g/mol. The summed E-state index contributed by atoms with van der Waals surface area (Å²) in [6.07, 6.45) is 1.54. The standard InChI is InChI=1S/C22H21N3O5/c23-21(27)16-5-2-7-18(11-16)30-14-20(26)24-12-15-4-1-6-17(10-15)22(28)25-13-19-8-3-9-29-19/h1-11H,12-14H2,(H2,23,27)(H,24,26)(H,25,28). The highest BCUT2D eigenvalue weighted by Gasteiger charge is 2.09. The Hall–Kier alpha value is -4.07. The van der Waals surface area contributed by atoms with Crippen LogP contribution in [0.3, 0.4) is 0 Å². The molecule has 0 aliphatic carbocycles. The first kappa shape index (κ1) is 20.7. The molecule has 0 saturated heterocycles. The van der Waals surface area contributed by atoms with Gasteiger partial charge in [-0.05, 0) is 48.0 Å². The van der Waals surface area contributed by atoms with Crippen LogP contribution in [0, 0.1) is 0 Å². The Bertz CT molecular complexity index is 1030. The van der Waals surface area contributed by atoms with Crippen LogP contribution in [0.25, 0.3) is 0 Å². The van der Waals surface area contributed by atoms with Gasteiger partial charge in [-0.1, -0.05) is 18.2 Å². The second-order valence-electron chi connectivity index (χ2n) is 6.42. The molecule has 1 heterocycles. The molecule has 8 nitrogen and oxygen atoms in total. The van der Waals surface area contributed by atoms with E-state index in [1.165, 1.54) is 6.07 Å². The van der Waals surface area contributed by atoms with Crippen molar-refractivity contribution in [3.8, 4) is 5.75 Å². The lowest BCUT2D eigenvalue weighted by atomic mass is 10.1. The first-order valence-corrected chi connectivity index (χ1v) is 9.20. The van der Waals surface area contributed by atoms with Crippen LogP contribution in [0.2, 0.25) is 0 Å². The van der Waals surface area contributed by atoms with Gasteiger partial charge in [0.1, 0.15) is 11.5 Å². The van der Waals surface area contributed by atoms with E-state index in [9.17, 15) is 14.4 Å². The number of ether oxygens (including phenoxy) is 1. The fourth-order valence-corrected chi connectivity index (χ4v) is 2.64. The van der Waals surface area contributed by atoms with Gasteiger partial charge in [-0.15, -0.1) is 0 Å². The molecular weight excluding hydrogens is 386 g/mol. The number of nitrogens with one attached hydrogen (secondary N) is 2. The smallest absolute Gasteiger partial charge is 0.258 e. The van der Waals surface area contributed by atoms with Crippen LogP contribution in [0.15, 0.2) is 71.3 Å². The second-order valence-corrected chi connectivity index (χ2v) is 6.42. The predicted molar refractivity (Wildman–Crippen MR) is 109 cm³/mol. The Morgan fingerprint density at radius 2 is 1.70 bits per heavy atom. The first-order chi connectivity index (χ1) is 14.5. The van der Waals surface area contributed by atoms with Crippen LogP contribution in [0.5, 0.6) is 5.75 Å². The maximum atomic E-state index is 12.3. The molecule has 2 aromatic carbocycles. The van der Waals surface area contributed by atoms with Crippen LogP contribution in [-0.2, 0) is 17.9 Å². The molecule has 4 N–H and O–H groups in total. The molecule has 0 saturated carbocycles. The summed E-state index contributed by atoms with van der Waals surface area (Å²) in [4.78, 5) is 35.5. The van der Waals surface area contributed by atoms with Crippen LogP contribution < -0.4 is 21.1 Å². The minimum absolute atomic E-state index is 0.217. The zero-order chi connectivity index (χ0) is 21.3. The van der Waals surface area contributed by atoms with E-state index in [-0.39, 0.29) is 25.0 Å². The van der Waals surface area contributed by atoms with E-state index in [4.69, 9.17) is 14.9 Å². The molecule has 1 aromatic heterocycles. The molecule has 154 valence electrons. The summed E-state index contributed by atoms with van der Waals surface area (Å²) >= 11 is 0. The average Bonchev–Trinajstić information content (AvgIpc) is 3.28. The van der Waals surface area contributed by atoms with Gasteiger partial charge in [-0.3, -0.25) is 14.4 Å². The van der Waals surface area contributed by atoms with E-state index in [0.29, 0.717) is 29.2 Å². The lowest BCUT2D eigenvalue weighted by molar-refractivity contribution is -0.123. The summed E-state index contributed by atoms with van der Waals surface area (Å²) in [5.41, 5.74) is 6.77. The number of nitrogens with two attached hydrogens (primary N) is 1. The highest BCUT2D eigenvalue weighted by molar-refractivity contribution is 5.94. The molecule has 0 atom stereocenters. The van der Waals surface area contributed by atoms with Crippen molar-refractivity contribution in [1.29, 1.82) is 0 Å². The van der Waals surface area contributed by atoms with Crippen molar-refractivity contribution in [2.75, 3.05) is 6.61 Å². The molecule has 0 fully saturated rings. The molecule has 0 bridgehead atoms. The van der Waals surface area contributed by atoms with Gasteiger partial charge in [0.2, 0.25) is 5.91 Å². The van der Waals surface area contributed by atoms with Crippen LogP contribution in [0.1, 0.15) is 32.0 Å². The van der Waals surface area contributed by atoms with Gasteiger partial charge in [0.25, 0.3) is 11.8 Å². The first-order valence-electron chi connectivity index (χ1n) is 9.20. The van der Waals surface area contributed by atoms with Gasteiger partial charge in [0.15, 0.2) is 6.61 Å². The Balaban J connectivity index is 1.47. The van der Waals surface area contributed by atoms with Gasteiger partial charge in [-0.2, -0.15) is 0 Å². The molecule has 0 aliphatic rings. The molecule has 8 heteroatoms. The van der Waals surface area contributed by atoms with Gasteiger partial charge < -0.3 is 25.5 Å². The number of carbonyl (C=O) groups is 3. The number of hydrogen-bond donors (Lipinski definition) is 3. The lowest BCUT2D eigenvalue weighted by Crippen LogP contribution is -2.28. The Labute approximate surface area is 173 Å². The molecule has 3 aromatic rings. The molecule has 30 heavy (non-hydrogen) atoms. The number of benzene rings is 2. The van der Waals surface area contributed by atoms with E-state index in [1.54, 1.807) is 60.9 Å². The third-order valence-electron chi connectivity index (χ3n) is 4.17. The van der Waals surface area contributed by atoms with Crippen molar-refractivity contribution < 1.29 is 23.5 Å². The SMILES string of the molecule is NC(=O)c1cccc(OCC(=O)NCc2cccc(C(=O)NCc3ccco3)c2)c1. The van der Waals surface area contributed by atoms with E-state index >= 15 is 0 Å². The Morgan fingerprint density at radius 1 is 0.900 bits per heavy atom. The summed E-state index contributed by atoms with van der Waals surface area (Å²) in [6.45, 7) is 0.315. The Morgan fingerprint density at radius 3 is 2.47 bits per heavy atom. The van der Waals surface area contributed by atoms with Gasteiger partial charge >= 0.3 is 0 Å². The number of amides is 3. The summed E-state index contributed by atoms with van der Waals surface area (Å²) < 4.78 is 10.6. The van der Waals surface area contributed by atoms with E-state index in [1.807, 2.05) is 0 Å². The lowest BCUT2D eigenvalue weighted by Gasteiger charge is -2.09. The minimum Gasteiger partial charge on any atom is -0.484 e. The predicted octanol–water partition coefficient (Wildman–Crippen LogP) is 2.00. The summed E-state index contributed by atoms with van der Waals surface area (Å²) in [5, 5.41) is 5.50. The van der Waals surface area contributed by atoms with Gasteiger partial charge in [0, 0.05) is 17.7 Å². The number of rotatable bonds is 9. The van der Waals surface area contributed by atoms with E-state index in [2.05, 4.69) is 10.6 Å². The largest absolute Gasteiger partial charge is 0.484 e. The summed E-state index contributed by atoms with van der Waals surface area (Å²) in [6, 6.07) is 16.8. The van der Waals surface area contributed by atoms with Gasteiger partial charge in [0.05, 0.1) is 12.8 Å². The number of furan rings is 1. The topological polar surface area (TPSA) is 124 Å². The quantitative estimate of drug-likeness (QED) is 0.501. The van der Waals surface area contributed by atoms with Crippen molar-refractivity contribution in [1.82, 2.24) is 10.6 Å². The van der Waals surface area contributed by atoms with Crippen molar-refractivity contribution in [2.45, 2.75) is 13.1 Å². The van der Waals surface area contributed by atoms with E-state index in [0.717, 1.165) is 5.56 Å². The fraction of sp³-hybridized carbons (Fsp3) is 0.136. The number of hydrogen-bond acceptors (Lipinski definition) is 5. The molecular formula is C22H21N3O5. The molecule has 0 aliphatic heterocycles. The zero-order valence-electron chi connectivity index (χ0n) is 16.1.